The number of hydrogen-bond acceptors (Lipinski definition) is 4. The third-order valence-electron chi connectivity index (χ3n) is 3.25. The van der Waals surface area contributed by atoms with Crippen LogP contribution in [0.15, 0.2) is 0 Å². The highest BCUT2D eigenvalue weighted by Gasteiger charge is 2.40. The van der Waals surface area contributed by atoms with Crippen molar-refractivity contribution in [3.8, 4) is 0 Å². The van der Waals surface area contributed by atoms with Crippen LogP contribution in [0.25, 0.3) is 0 Å². The second-order valence-electron chi connectivity index (χ2n) is 5.41. The van der Waals surface area contributed by atoms with E-state index in [2.05, 4.69) is 5.32 Å². The molecular formula is C13H23N3O5. The summed E-state index contributed by atoms with van der Waals surface area (Å²) in [6, 6.07) is -1.62. The van der Waals surface area contributed by atoms with Crippen molar-refractivity contribution in [3.05, 3.63) is 0 Å². The average Bonchev–Trinajstić information content (AvgIpc) is 2.76. The molecule has 1 aliphatic heterocycles. The van der Waals surface area contributed by atoms with Gasteiger partial charge in [-0.25, -0.2) is 9.59 Å². The number of likely N-dealkylation sites (N-methyl/N-ethyl adjacent to an activating group) is 1. The zero-order valence-corrected chi connectivity index (χ0v) is 12.6. The van der Waals surface area contributed by atoms with Crippen LogP contribution in [-0.4, -0.2) is 75.7 Å². The number of rotatable bonds is 5. The molecule has 1 fully saturated rings. The lowest BCUT2D eigenvalue weighted by Crippen LogP contribution is -2.51. The first-order chi connectivity index (χ1) is 9.76. The number of carboxylic acids is 1. The molecule has 1 aliphatic rings. The summed E-state index contributed by atoms with van der Waals surface area (Å²) in [7, 11) is 0. The lowest BCUT2D eigenvalue weighted by molar-refractivity contribution is -0.141. The van der Waals surface area contributed by atoms with Crippen molar-refractivity contribution in [2.24, 2.45) is 0 Å². The van der Waals surface area contributed by atoms with Gasteiger partial charge in [-0.1, -0.05) is 0 Å². The van der Waals surface area contributed by atoms with Crippen molar-refractivity contribution in [2.45, 2.75) is 45.4 Å². The van der Waals surface area contributed by atoms with Gasteiger partial charge in [0.05, 0.1) is 6.10 Å². The number of urea groups is 1. The summed E-state index contributed by atoms with van der Waals surface area (Å²) in [5, 5.41) is 21.3. The molecule has 1 rings (SSSR count). The first-order valence-electron chi connectivity index (χ1n) is 7.02. The summed E-state index contributed by atoms with van der Waals surface area (Å²) in [6.45, 7) is 5.46. The number of hydrogen-bond donors (Lipinski definition) is 3. The zero-order valence-electron chi connectivity index (χ0n) is 12.6. The number of nitrogens with one attached hydrogen (secondary N) is 1. The van der Waals surface area contributed by atoms with Crippen molar-refractivity contribution in [1.82, 2.24) is 15.1 Å². The van der Waals surface area contributed by atoms with Crippen molar-refractivity contribution in [3.63, 3.8) is 0 Å². The summed E-state index contributed by atoms with van der Waals surface area (Å²) in [5.41, 5.74) is 0. The molecule has 8 nitrogen and oxygen atoms in total. The summed E-state index contributed by atoms with van der Waals surface area (Å²) in [4.78, 5) is 37.6. The van der Waals surface area contributed by atoms with E-state index in [0.717, 1.165) is 4.90 Å². The van der Waals surface area contributed by atoms with Gasteiger partial charge < -0.3 is 25.3 Å². The van der Waals surface area contributed by atoms with Crippen molar-refractivity contribution in [2.75, 3.05) is 19.6 Å². The van der Waals surface area contributed by atoms with Crippen LogP contribution in [0.2, 0.25) is 0 Å². The number of carbonyl (C=O) groups is 3. The fraction of sp³-hybridized carbons (Fsp3) is 0.769. The van der Waals surface area contributed by atoms with E-state index in [-0.39, 0.29) is 38.0 Å². The monoisotopic (exact) mass is 301 g/mol. The summed E-state index contributed by atoms with van der Waals surface area (Å²) < 4.78 is 0. The molecule has 1 saturated heterocycles. The number of β-amino-alcohol motifs (C(OH)–C–C–N with tert-alkyl or cyclic N) is 1. The van der Waals surface area contributed by atoms with Crippen LogP contribution in [-0.2, 0) is 9.59 Å². The Morgan fingerprint density at radius 1 is 1.38 bits per heavy atom. The molecule has 0 spiro atoms. The third-order valence-corrected chi connectivity index (χ3v) is 3.25. The number of aliphatic hydroxyl groups is 1. The fourth-order valence-corrected chi connectivity index (χ4v) is 2.30. The molecule has 0 radical (unpaired) electrons. The van der Waals surface area contributed by atoms with Crippen LogP contribution >= 0.6 is 0 Å². The Morgan fingerprint density at radius 2 is 2.00 bits per heavy atom. The molecule has 3 N–H and O–H groups in total. The summed E-state index contributed by atoms with van der Waals surface area (Å²) in [5.74, 6) is -1.45. The average molecular weight is 301 g/mol. The number of carboxylic acid groups (broad SMARTS) is 1. The topological polar surface area (TPSA) is 110 Å². The van der Waals surface area contributed by atoms with Crippen LogP contribution in [0.3, 0.4) is 0 Å². The second kappa shape index (κ2) is 7.26. The number of amides is 3. The van der Waals surface area contributed by atoms with Gasteiger partial charge >= 0.3 is 12.0 Å². The number of aliphatic hydroxyl groups excluding tert-OH is 1. The SMILES string of the molecule is CCN(CC(=O)NC(C)C)C(=O)N1CC(O)CC1C(=O)O. The highest BCUT2D eigenvalue weighted by Crippen LogP contribution is 2.19. The Morgan fingerprint density at radius 3 is 2.48 bits per heavy atom. The fourth-order valence-electron chi connectivity index (χ4n) is 2.30. The van der Waals surface area contributed by atoms with Crippen molar-refractivity contribution in [1.29, 1.82) is 0 Å². The van der Waals surface area contributed by atoms with Crippen LogP contribution in [0.1, 0.15) is 27.2 Å². The van der Waals surface area contributed by atoms with Gasteiger partial charge in [-0.15, -0.1) is 0 Å². The predicted molar refractivity (Wildman–Crippen MR) is 74.7 cm³/mol. The molecule has 8 heteroatoms. The molecule has 3 amide bonds. The first-order valence-corrected chi connectivity index (χ1v) is 7.02. The maximum atomic E-state index is 12.4. The molecule has 120 valence electrons. The van der Waals surface area contributed by atoms with Crippen LogP contribution < -0.4 is 5.32 Å². The zero-order chi connectivity index (χ0) is 16.2. The lowest BCUT2D eigenvalue weighted by Gasteiger charge is -2.29. The van der Waals surface area contributed by atoms with Gasteiger partial charge in [0.25, 0.3) is 0 Å². The maximum absolute atomic E-state index is 12.4. The van der Waals surface area contributed by atoms with Gasteiger partial charge in [0, 0.05) is 25.6 Å². The molecule has 0 aliphatic carbocycles. The molecule has 2 unspecified atom stereocenters. The Labute approximate surface area is 123 Å². The van der Waals surface area contributed by atoms with Gasteiger partial charge in [0.2, 0.25) is 5.91 Å². The molecule has 0 bridgehead atoms. The van der Waals surface area contributed by atoms with Crippen molar-refractivity contribution < 1.29 is 24.6 Å². The number of nitrogens with zero attached hydrogens (tertiary/aromatic N) is 2. The number of carbonyl (C=O) groups excluding carboxylic acids is 2. The Hall–Kier alpha value is -1.83. The van der Waals surface area contributed by atoms with Gasteiger partial charge in [-0.05, 0) is 20.8 Å². The minimum absolute atomic E-state index is 0.0107. The largest absolute Gasteiger partial charge is 0.480 e. The van der Waals surface area contributed by atoms with E-state index < -0.39 is 24.1 Å². The normalized spacial score (nSPS) is 21.5. The van der Waals surface area contributed by atoms with E-state index in [1.807, 2.05) is 13.8 Å². The Bertz CT molecular complexity index is 413. The first kappa shape index (κ1) is 17.2. The van der Waals surface area contributed by atoms with Crippen LogP contribution in [0.5, 0.6) is 0 Å². The summed E-state index contributed by atoms with van der Waals surface area (Å²) >= 11 is 0. The van der Waals surface area contributed by atoms with Crippen molar-refractivity contribution >= 4 is 17.9 Å². The maximum Gasteiger partial charge on any atom is 0.326 e. The standard InChI is InChI=1S/C13H23N3O5/c1-4-15(7-11(18)14-8(2)3)13(21)16-6-9(17)5-10(16)12(19)20/h8-10,17H,4-7H2,1-3H3,(H,14,18)(H,19,20). The van der Waals surface area contributed by atoms with E-state index >= 15 is 0 Å². The highest BCUT2D eigenvalue weighted by molar-refractivity contribution is 5.87. The molecule has 21 heavy (non-hydrogen) atoms. The van der Waals surface area contributed by atoms with Gasteiger partial charge in [-0.2, -0.15) is 0 Å². The minimum atomic E-state index is -1.15. The molecule has 2 atom stereocenters. The second-order valence-corrected chi connectivity index (χ2v) is 5.41. The van der Waals surface area contributed by atoms with Gasteiger partial charge in [0.15, 0.2) is 0 Å². The Balaban J connectivity index is 2.73. The number of aliphatic carboxylic acids is 1. The van der Waals surface area contributed by atoms with E-state index in [1.165, 1.54) is 4.90 Å². The highest BCUT2D eigenvalue weighted by atomic mass is 16.4. The van der Waals surface area contributed by atoms with Gasteiger partial charge in [-0.3, -0.25) is 4.79 Å². The van der Waals surface area contributed by atoms with Crippen LogP contribution in [0, 0.1) is 0 Å². The predicted octanol–water partition coefficient (Wildman–Crippen LogP) is -0.527. The van der Waals surface area contributed by atoms with E-state index in [1.54, 1.807) is 6.92 Å². The van der Waals surface area contributed by atoms with E-state index in [4.69, 9.17) is 5.11 Å². The molecule has 0 saturated carbocycles. The minimum Gasteiger partial charge on any atom is -0.480 e. The lowest BCUT2D eigenvalue weighted by atomic mass is 10.2. The van der Waals surface area contributed by atoms with E-state index in [0.29, 0.717) is 0 Å². The molecule has 0 aromatic heterocycles. The number of likely N-dealkylation sites (tertiary alicyclic amines) is 1. The summed E-state index contributed by atoms with van der Waals surface area (Å²) in [6.07, 6.45) is -0.838. The van der Waals surface area contributed by atoms with E-state index in [9.17, 15) is 19.5 Å². The molecular weight excluding hydrogens is 278 g/mol. The molecule has 1 heterocycles. The third kappa shape index (κ3) is 4.59. The molecule has 0 aromatic carbocycles. The van der Waals surface area contributed by atoms with Gasteiger partial charge in [0.1, 0.15) is 12.6 Å². The Kier molecular flexibility index (Phi) is 5.95. The van der Waals surface area contributed by atoms with Crippen LogP contribution in [0.4, 0.5) is 4.79 Å². The smallest absolute Gasteiger partial charge is 0.326 e. The molecule has 0 aromatic rings. The quantitative estimate of drug-likeness (QED) is 0.632.